The van der Waals surface area contributed by atoms with Gasteiger partial charge in [-0.3, -0.25) is 14.6 Å². The van der Waals surface area contributed by atoms with Crippen LogP contribution in [0.3, 0.4) is 0 Å². The molecule has 33 heavy (non-hydrogen) atoms. The summed E-state index contributed by atoms with van der Waals surface area (Å²) in [4.78, 5) is 31.2. The number of hydrogen-bond acceptors (Lipinski definition) is 3. The van der Waals surface area contributed by atoms with Crippen molar-refractivity contribution in [2.24, 2.45) is 0 Å². The van der Waals surface area contributed by atoms with Crippen molar-refractivity contribution >= 4 is 17.5 Å². The summed E-state index contributed by atoms with van der Waals surface area (Å²) in [6.45, 7) is 7.10. The van der Waals surface area contributed by atoms with E-state index in [9.17, 15) is 9.59 Å². The molecular formula is C28H31N3O2. The Balaban J connectivity index is 1.49. The summed E-state index contributed by atoms with van der Waals surface area (Å²) in [7, 11) is 0. The molecule has 0 unspecified atom stereocenters. The minimum Gasteiger partial charge on any atom is -0.338 e. The van der Waals surface area contributed by atoms with Gasteiger partial charge in [0.1, 0.15) is 0 Å². The summed E-state index contributed by atoms with van der Waals surface area (Å²) in [5.74, 6) is 0.138. The smallest absolute Gasteiger partial charge is 0.253 e. The third kappa shape index (κ3) is 5.67. The van der Waals surface area contributed by atoms with Gasteiger partial charge in [0, 0.05) is 48.6 Å². The molecule has 1 aliphatic heterocycles. The lowest BCUT2D eigenvalue weighted by Gasteiger charge is -2.33. The normalized spacial score (nSPS) is 15.8. The van der Waals surface area contributed by atoms with Crippen LogP contribution in [0.5, 0.6) is 0 Å². The average molecular weight is 442 g/mol. The topological polar surface area (TPSA) is 62.3 Å². The molecule has 5 nitrogen and oxygen atoms in total. The van der Waals surface area contributed by atoms with Gasteiger partial charge in [-0.15, -0.1) is 0 Å². The van der Waals surface area contributed by atoms with E-state index in [2.05, 4.69) is 48.6 Å². The van der Waals surface area contributed by atoms with Crippen molar-refractivity contribution in [1.29, 1.82) is 0 Å². The summed E-state index contributed by atoms with van der Waals surface area (Å²) < 4.78 is 0. The molecule has 0 aliphatic carbocycles. The Bertz CT molecular complexity index is 1150. The lowest BCUT2D eigenvalue weighted by atomic mass is 9.91. The van der Waals surface area contributed by atoms with Gasteiger partial charge in [-0.2, -0.15) is 0 Å². The van der Waals surface area contributed by atoms with Crippen molar-refractivity contribution < 1.29 is 9.59 Å². The van der Waals surface area contributed by atoms with Crippen LogP contribution in [-0.2, 0) is 11.2 Å². The quantitative estimate of drug-likeness (QED) is 0.587. The van der Waals surface area contributed by atoms with Crippen LogP contribution in [0.1, 0.15) is 64.1 Å². The molecule has 170 valence electrons. The lowest BCUT2D eigenvalue weighted by Crippen LogP contribution is -2.39. The SMILES string of the molecule is CC(=O)Nc1ccc(C(=O)N2CCC[C@@H](c3cc(Cc4ccccc4C)cc(C)n3)C2)cc1. The third-order valence-electron chi connectivity index (χ3n) is 6.27. The zero-order valence-electron chi connectivity index (χ0n) is 19.6. The minimum atomic E-state index is -0.125. The van der Waals surface area contributed by atoms with Crippen molar-refractivity contribution in [2.75, 3.05) is 18.4 Å². The number of likely N-dealkylation sites (tertiary alicyclic amines) is 1. The molecule has 0 radical (unpaired) electrons. The van der Waals surface area contributed by atoms with Gasteiger partial charge >= 0.3 is 0 Å². The molecule has 1 N–H and O–H groups in total. The van der Waals surface area contributed by atoms with Crippen LogP contribution in [0.25, 0.3) is 0 Å². The summed E-state index contributed by atoms with van der Waals surface area (Å²) in [5.41, 5.74) is 7.33. The van der Waals surface area contributed by atoms with Gasteiger partial charge in [-0.25, -0.2) is 0 Å². The molecule has 1 aromatic heterocycles. The van der Waals surface area contributed by atoms with E-state index < -0.39 is 0 Å². The molecule has 2 aromatic carbocycles. The zero-order valence-corrected chi connectivity index (χ0v) is 19.6. The Morgan fingerprint density at radius 2 is 1.82 bits per heavy atom. The number of nitrogens with one attached hydrogen (secondary N) is 1. The highest BCUT2D eigenvalue weighted by atomic mass is 16.2. The fraction of sp³-hybridized carbons (Fsp3) is 0.321. The highest BCUT2D eigenvalue weighted by Crippen LogP contribution is 2.28. The lowest BCUT2D eigenvalue weighted by molar-refractivity contribution is -0.114. The Labute approximate surface area is 195 Å². The van der Waals surface area contributed by atoms with E-state index >= 15 is 0 Å². The Morgan fingerprint density at radius 3 is 2.55 bits per heavy atom. The number of piperidine rings is 1. The molecule has 4 rings (SSSR count). The van der Waals surface area contributed by atoms with Gasteiger partial charge < -0.3 is 10.2 Å². The van der Waals surface area contributed by atoms with Crippen LogP contribution in [0.4, 0.5) is 5.69 Å². The number of pyridine rings is 1. The molecule has 1 aliphatic rings. The van der Waals surface area contributed by atoms with Crippen LogP contribution in [-0.4, -0.2) is 34.8 Å². The second-order valence-electron chi connectivity index (χ2n) is 8.99. The highest BCUT2D eigenvalue weighted by Gasteiger charge is 2.26. The van der Waals surface area contributed by atoms with E-state index in [0.29, 0.717) is 17.8 Å². The maximum Gasteiger partial charge on any atom is 0.253 e. The monoisotopic (exact) mass is 441 g/mol. The van der Waals surface area contributed by atoms with Crippen molar-refractivity contribution in [1.82, 2.24) is 9.88 Å². The first-order chi connectivity index (χ1) is 15.9. The van der Waals surface area contributed by atoms with Gasteiger partial charge in [0.05, 0.1) is 0 Å². The second kappa shape index (κ2) is 9.99. The molecular weight excluding hydrogens is 410 g/mol. The first-order valence-electron chi connectivity index (χ1n) is 11.6. The van der Waals surface area contributed by atoms with E-state index in [4.69, 9.17) is 4.98 Å². The number of benzene rings is 2. The molecule has 0 spiro atoms. The fourth-order valence-electron chi connectivity index (χ4n) is 4.59. The number of hydrogen-bond donors (Lipinski definition) is 1. The molecule has 5 heteroatoms. The molecule has 1 saturated heterocycles. The molecule has 3 aromatic rings. The van der Waals surface area contributed by atoms with E-state index in [-0.39, 0.29) is 17.7 Å². The summed E-state index contributed by atoms with van der Waals surface area (Å²) in [6.07, 6.45) is 2.88. The number of aryl methyl sites for hydroxylation is 2. The van der Waals surface area contributed by atoms with Gasteiger partial charge in [0.2, 0.25) is 5.91 Å². The number of aromatic nitrogens is 1. The van der Waals surface area contributed by atoms with E-state index in [0.717, 1.165) is 37.2 Å². The number of carbonyl (C=O) groups excluding carboxylic acids is 2. The first kappa shape index (κ1) is 22.7. The number of anilines is 1. The second-order valence-corrected chi connectivity index (χ2v) is 8.99. The number of rotatable bonds is 5. The summed E-state index contributed by atoms with van der Waals surface area (Å²) >= 11 is 0. The van der Waals surface area contributed by atoms with E-state index in [1.54, 1.807) is 24.3 Å². The zero-order chi connectivity index (χ0) is 23.4. The maximum absolute atomic E-state index is 13.1. The van der Waals surface area contributed by atoms with Crippen LogP contribution >= 0.6 is 0 Å². The van der Waals surface area contributed by atoms with Crippen LogP contribution in [0.2, 0.25) is 0 Å². The standard InChI is InChI=1S/C28H31N3O2/c1-19-7-4-5-8-24(19)16-22-15-20(2)29-27(17-22)25-9-6-14-31(18-25)28(33)23-10-12-26(13-11-23)30-21(3)32/h4-5,7-8,10-13,15,17,25H,6,9,14,16,18H2,1-3H3,(H,30,32)/t25-/m1/s1. The largest absolute Gasteiger partial charge is 0.338 e. The van der Waals surface area contributed by atoms with Gasteiger partial charge in [-0.05, 0) is 86.2 Å². The van der Waals surface area contributed by atoms with Crippen LogP contribution < -0.4 is 5.32 Å². The first-order valence-corrected chi connectivity index (χ1v) is 11.6. The van der Waals surface area contributed by atoms with Gasteiger partial charge in [0.25, 0.3) is 5.91 Å². The molecule has 0 bridgehead atoms. The molecule has 2 amide bonds. The van der Waals surface area contributed by atoms with Crippen LogP contribution in [0.15, 0.2) is 60.7 Å². The minimum absolute atomic E-state index is 0.0295. The van der Waals surface area contributed by atoms with Gasteiger partial charge in [-0.1, -0.05) is 24.3 Å². The maximum atomic E-state index is 13.1. The summed E-state index contributed by atoms with van der Waals surface area (Å²) in [5, 5.41) is 2.74. The van der Waals surface area contributed by atoms with Crippen molar-refractivity contribution in [3.8, 4) is 0 Å². The number of amides is 2. The number of carbonyl (C=O) groups is 2. The fourth-order valence-corrected chi connectivity index (χ4v) is 4.59. The Morgan fingerprint density at radius 1 is 1.06 bits per heavy atom. The molecule has 0 saturated carbocycles. The predicted octanol–water partition coefficient (Wildman–Crippen LogP) is 5.27. The van der Waals surface area contributed by atoms with Crippen molar-refractivity contribution in [2.45, 2.75) is 46.0 Å². The Hall–Kier alpha value is -3.47. The highest BCUT2D eigenvalue weighted by molar-refractivity contribution is 5.95. The van der Waals surface area contributed by atoms with Crippen molar-refractivity contribution in [3.05, 3.63) is 94.3 Å². The molecule has 2 heterocycles. The van der Waals surface area contributed by atoms with E-state index in [1.165, 1.54) is 23.6 Å². The molecule has 1 fully saturated rings. The Kier molecular flexibility index (Phi) is 6.87. The molecule has 1 atom stereocenters. The average Bonchev–Trinajstić information content (AvgIpc) is 2.80. The third-order valence-corrected chi connectivity index (χ3v) is 6.27. The van der Waals surface area contributed by atoms with Crippen molar-refractivity contribution in [3.63, 3.8) is 0 Å². The predicted molar refractivity (Wildman–Crippen MR) is 132 cm³/mol. The van der Waals surface area contributed by atoms with Crippen LogP contribution in [0, 0.1) is 13.8 Å². The summed E-state index contributed by atoms with van der Waals surface area (Å²) in [6, 6.07) is 20.0. The van der Waals surface area contributed by atoms with E-state index in [1.807, 2.05) is 11.8 Å². The van der Waals surface area contributed by atoms with Gasteiger partial charge in [0.15, 0.2) is 0 Å². The number of nitrogens with zero attached hydrogens (tertiary/aromatic N) is 2.